The van der Waals surface area contributed by atoms with Crippen molar-refractivity contribution in [3.8, 4) is 11.4 Å². The number of hydrogen-bond donors (Lipinski definition) is 0. The molecule has 1 unspecified atom stereocenters. The van der Waals surface area contributed by atoms with Crippen LogP contribution in [-0.2, 0) is 14.8 Å². The van der Waals surface area contributed by atoms with Gasteiger partial charge in [0.2, 0.25) is 15.8 Å². The summed E-state index contributed by atoms with van der Waals surface area (Å²) in [4.78, 5) is 20.9. The second kappa shape index (κ2) is 8.74. The van der Waals surface area contributed by atoms with E-state index in [0.29, 0.717) is 24.5 Å². The zero-order valence-corrected chi connectivity index (χ0v) is 18.1. The summed E-state index contributed by atoms with van der Waals surface area (Å²) in [6.45, 7) is 2.48. The van der Waals surface area contributed by atoms with Gasteiger partial charge in [-0.05, 0) is 50.1 Å². The fourth-order valence-electron chi connectivity index (χ4n) is 3.19. The van der Waals surface area contributed by atoms with E-state index in [0.717, 1.165) is 12.8 Å². The van der Waals surface area contributed by atoms with Gasteiger partial charge in [-0.3, -0.25) is 4.98 Å². The molecule has 9 nitrogen and oxygen atoms in total. The molecule has 4 rings (SSSR count). The number of nitrogens with zero attached hydrogens (tertiary/aromatic N) is 4. The minimum atomic E-state index is -3.70. The maximum absolute atomic E-state index is 12.8. The number of pyridine rings is 1. The lowest BCUT2D eigenvalue weighted by Crippen LogP contribution is -2.28. The monoisotopic (exact) mass is 462 g/mol. The summed E-state index contributed by atoms with van der Waals surface area (Å²) < 4.78 is 37.6. The average Bonchev–Trinajstić information content (AvgIpc) is 3.47. The van der Waals surface area contributed by atoms with Crippen LogP contribution in [0.3, 0.4) is 0 Å². The smallest absolute Gasteiger partial charge is 0.340 e. The van der Waals surface area contributed by atoms with Crippen LogP contribution in [0.15, 0.2) is 52.1 Å². The van der Waals surface area contributed by atoms with Gasteiger partial charge in [0.25, 0.3) is 5.89 Å². The summed E-state index contributed by atoms with van der Waals surface area (Å²) in [5.74, 6) is -0.399. The van der Waals surface area contributed by atoms with Gasteiger partial charge in [0.1, 0.15) is 0 Å². The van der Waals surface area contributed by atoms with Crippen molar-refractivity contribution in [1.82, 2.24) is 19.4 Å². The highest BCUT2D eigenvalue weighted by Gasteiger charge is 2.29. The molecule has 1 aliphatic rings. The van der Waals surface area contributed by atoms with E-state index in [2.05, 4.69) is 15.1 Å². The standard InChI is InChI=1S/C20H19ClN4O5S/c1-13(19-23-18(24-30-19)14-5-4-8-22-12-14)29-20(26)16-11-15(6-7-17(16)21)31(27,28)25-9-2-3-10-25/h4-8,11-13H,2-3,9-10H2,1H3. The van der Waals surface area contributed by atoms with Crippen molar-refractivity contribution < 1.29 is 22.5 Å². The lowest BCUT2D eigenvalue weighted by Gasteiger charge is -2.16. The first-order chi connectivity index (χ1) is 14.9. The van der Waals surface area contributed by atoms with Crippen LogP contribution in [0.4, 0.5) is 0 Å². The molecule has 162 valence electrons. The fraction of sp³-hybridized carbons (Fsp3) is 0.300. The lowest BCUT2D eigenvalue weighted by atomic mass is 10.2. The van der Waals surface area contributed by atoms with Crippen molar-refractivity contribution >= 4 is 27.6 Å². The van der Waals surface area contributed by atoms with Crippen LogP contribution >= 0.6 is 11.6 Å². The van der Waals surface area contributed by atoms with Crippen LogP contribution in [0.2, 0.25) is 5.02 Å². The second-order valence-corrected chi connectivity index (χ2v) is 9.34. The maximum atomic E-state index is 12.8. The molecule has 3 heterocycles. The number of carbonyl (C=O) groups excluding carboxylic acids is 1. The molecule has 1 saturated heterocycles. The SMILES string of the molecule is CC(OC(=O)c1cc(S(=O)(=O)N2CCCC2)ccc1Cl)c1nc(-c2cccnc2)no1. The Morgan fingerprint density at radius 2 is 2.03 bits per heavy atom. The van der Waals surface area contributed by atoms with E-state index in [1.54, 1.807) is 31.5 Å². The number of aromatic nitrogens is 3. The first-order valence-corrected chi connectivity index (χ1v) is 11.4. The molecular formula is C20H19ClN4O5S. The number of halogens is 1. The van der Waals surface area contributed by atoms with Gasteiger partial charge in [0, 0.05) is 31.0 Å². The average molecular weight is 463 g/mol. The molecule has 31 heavy (non-hydrogen) atoms. The third kappa shape index (κ3) is 4.46. The van der Waals surface area contributed by atoms with Crippen molar-refractivity contribution in [2.24, 2.45) is 0 Å². The third-order valence-electron chi connectivity index (χ3n) is 4.85. The molecule has 0 radical (unpaired) electrons. The highest BCUT2D eigenvalue weighted by molar-refractivity contribution is 7.89. The van der Waals surface area contributed by atoms with Crippen LogP contribution in [0.1, 0.15) is 42.1 Å². The Bertz CT molecular complexity index is 1190. The highest BCUT2D eigenvalue weighted by atomic mass is 35.5. The number of ether oxygens (including phenoxy) is 1. The van der Waals surface area contributed by atoms with Gasteiger partial charge >= 0.3 is 5.97 Å². The quantitative estimate of drug-likeness (QED) is 0.511. The van der Waals surface area contributed by atoms with Gasteiger partial charge in [-0.1, -0.05) is 16.8 Å². The summed E-state index contributed by atoms with van der Waals surface area (Å²) in [6.07, 6.45) is 3.95. The summed E-state index contributed by atoms with van der Waals surface area (Å²) >= 11 is 6.15. The predicted molar refractivity (Wildman–Crippen MR) is 111 cm³/mol. The predicted octanol–water partition coefficient (Wildman–Crippen LogP) is 3.49. The Labute approximate surface area is 184 Å². The van der Waals surface area contributed by atoms with Crippen molar-refractivity contribution in [1.29, 1.82) is 0 Å². The van der Waals surface area contributed by atoms with Crippen LogP contribution in [0, 0.1) is 0 Å². The van der Waals surface area contributed by atoms with E-state index < -0.39 is 22.1 Å². The van der Waals surface area contributed by atoms with Crippen LogP contribution < -0.4 is 0 Å². The van der Waals surface area contributed by atoms with E-state index in [9.17, 15) is 13.2 Å². The molecule has 0 saturated carbocycles. The Hall–Kier alpha value is -2.82. The van der Waals surface area contributed by atoms with Crippen molar-refractivity contribution in [3.05, 3.63) is 59.2 Å². The molecule has 11 heteroatoms. The van der Waals surface area contributed by atoms with E-state index >= 15 is 0 Å². The molecule has 1 fully saturated rings. The summed E-state index contributed by atoms with van der Waals surface area (Å²) in [5.41, 5.74) is 0.597. The van der Waals surface area contributed by atoms with Crippen LogP contribution in [-0.4, -0.2) is 46.9 Å². The topological polar surface area (TPSA) is 115 Å². The molecule has 1 atom stereocenters. The number of carbonyl (C=O) groups is 1. The van der Waals surface area contributed by atoms with E-state index in [-0.39, 0.29) is 21.4 Å². The Morgan fingerprint density at radius 3 is 2.74 bits per heavy atom. The molecule has 0 N–H and O–H groups in total. The molecule has 0 spiro atoms. The Morgan fingerprint density at radius 1 is 1.26 bits per heavy atom. The number of hydrogen-bond acceptors (Lipinski definition) is 8. The van der Waals surface area contributed by atoms with Crippen LogP contribution in [0.25, 0.3) is 11.4 Å². The van der Waals surface area contributed by atoms with Gasteiger partial charge in [0.05, 0.1) is 15.5 Å². The van der Waals surface area contributed by atoms with Gasteiger partial charge in [-0.25, -0.2) is 13.2 Å². The number of esters is 1. The molecule has 0 bridgehead atoms. The Kier molecular flexibility index (Phi) is 6.03. The molecule has 0 amide bonds. The minimum absolute atomic E-state index is 0.00458. The van der Waals surface area contributed by atoms with E-state index in [1.807, 2.05) is 0 Å². The highest BCUT2D eigenvalue weighted by Crippen LogP contribution is 2.27. The largest absolute Gasteiger partial charge is 0.449 e. The van der Waals surface area contributed by atoms with Crippen molar-refractivity contribution in [3.63, 3.8) is 0 Å². The molecule has 1 aromatic carbocycles. The van der Waals surface area contributed by atoms with Gasteiger partial charge < -0.3 is 9.26 Å². The first-order valence-electron chi connectivity index (χ1n) is 9.61. The molecule has 1 aliphatic heterocycles. The molecular weight excluding hydrogens is 444 g/mol. The summed E-state index contributed by atoms with van der Waals surface area (Å²) in [7, 11) is -3.70. The molecule has 0 aliphatic carbocycles. The summed E-state index contributed by atoms with van der Waals surface area (Å²) in [5, 5.41) is 3.95. The van der Waals surface area contributed by atoms with E-state index in [1.165, 1.54) is 22.5 Å². The zero-order valence-electron chi connectivity index (χ0n) is 16.6. The third-order valence-corrected chi connectivity index (χ3v) is 7.08. The number of benzene rings is 1. The maximum Gasteiger partial charge on any atom is 0.340 e. The number of sulfonamides is 1. The zero-order chi connectivity index (χ0) is 22.0. The van der Waals surface area contributed by atoms with Gasteiger partial charge in [-0.15, -0.1) is 0 Å². The van der Waals surface area contributed by atoms with Crippen molar-refractivity contribution in [2.45, 2.75) is 30.8 Å². The van der Waals surface area contributed by atoms with Crippen molar-refractivity contribution in [2.75, 3.05) is 13.1 Å². The second-order valence-electron chi connectivity index (χ2n) is 7.00. The lowest BCUT2D eigenvalue weighted by molar-refractivity contribution is 0.0265. The van der Waals surface area contributed by atoms with Gasteiger partial charge in [0.15, 0.2) is 6.10 Å². The molecule has 2 aromatic heterocycles. The summed E-state index contributed by atoms with van der Waals surface area (Å²) in [6, 6.07) is 7.50. The van der Waals surface area contributed by atoms with E-state index in [4.69, 9.17) is 20.9 Å². The Balaban J connectivity index is 1.53. The molecule has 3 aromatic rings. The normalized spacial score (nSPS) is 15.7. The minimum Gasteiger partial charge on any atom is -0.449 e. The van der Waals surface area contributed by atoms with Crippen LogP contribution in [0.5, 0.6) is 0 Å². The van der Waals surface area contributed by atoms with Gasteiger partial charge in [-0.2, -0.15) is 9.29 Å². The first kappa shape index (κ1) is 21.4. The fourth-order valence-corrected chi connectivity index (χ4v) is 4.92. The number of rotatable bonds is 6.